The molecular weight excluding hydrogens is 222 g/mol. The van der Waals surface area contributed by atoms with Gasteiger partial charge in [-0.05, 0) is 30.7 Å². The van der Waals surface area contributed by atoms with Gasteiger partial charge in [0, 0.05) is 12.7 Å². The van der Waals surface area contributed by atoms with Gasteiger partial charge in [-0.15, -0.1) is 0 Å². The van der Waals surface area contributed by atoms with Gasteiger partial charge in [0.15, 0.2) is 5.84 Å². The van der Waals surface area contributed by atoms with Crippen LogP contribution in [0.1, 0.15) is 43.9 Å². The molecule has 0 bridgehead atoms. The van der Waals surface area contributed by atoms with Crippen LogP contribution >= 0.6 is 0 Å². The lowest BCUT2D eigenvalue weighted by atomic mass is 10.1. The van der Waals surface area contributed by atoms with Gasteiger partial charge in [-0.25, -0.2) is 0 Å². The van der Waals surface area contributed by atoms with Crippen molar-refractivity contribution in [2.45, 2.75) is 39.0 Å². The average molecular weight is 243 g/mol. The highest BCUT2D eigenvalue weighted by Crippen LogP contribution is 2.10. The number of unbranched alkanes of at least 4 members (excludes halogenated alkanes) is 3. The third kappa shape index (κ3) is 3.42. The summed E-state index contributed by atoms with van der Waals surface area (Å²) in [4.78, 5) is 9.09. The summed E-state index contributed by atoms with van der Waals surface area (Å²) in [5, 5.41) is 3.24. The third-order valence-corrected chi connectivity index (χ3v) is 3.07. The van der Waals surface area contributed by atoms with Crippen molar-refractivity contribution < 1.29 is 0 Å². The smallest absolute Gasteiger partial charge is 0.151 e. The number of nitrogens with one attached hydrogen (secondary N) is 1. The van der Waals surface area contributed by atoms with E-state index in [1.54, 1.807) is 0 Å². The van der Waals surface area contributed by atoms with E-state index < -0.39 is 0 Å². The van der Waals surface area contributed by atoms with Gasteiger partial charge in [0.2, 0.25) is 0 Å². The van der Waals surface area contributed by atoms with Crippen molar-refractivity contribution in [3.05, 3.63) is 41.9 Å². The first-order valence-corrected chi connectivity index (χ1v) is 6.82. The van der Waals surface area contributed by atoms with Crippen LogP contribution in [0.2, 0.25) is 0 Å². The molecule has 0 unspecified atom stereocenters. The predicted octanol–water partition coefficient (Wildman–Crippen LogP) is 3.07. The van der Waals surface area contributed by atoms with Crippen molar-refractivity contribution in [3.8, 4) is 0 Å². The molecule has 0 fully saturated rings. The molecule has 3 heteroatoms. The SMILES string of the molecule is CCCCCCN=C1NC=CCc2cccnc21. The van der Waals surface area contributed by atoms with Gasteiger partial charge in [-0.3, -0.25) is 9.98 Å². The van der Waals surface area contributed by atoms with Crippen LogP contribution in [0.15, 0.2) is 35.6 Å². The zero-order valence-corrected chi connectivity index (χ0v) is 11.0. The Hall–Kier alpha value is -1.64. The number of hydrogen-bond acceptors (Lipinski definition) is 2. The zero-order chi connectivity index (χ0) is 12.6. The monoisotopic (exact) mass is 243 g/mol. The van der Waals surface area contributed by atoms with E-state index in [4.69, 9.17) is 0 Å². The van der Waals surface area contributed by atoms with Crippen molar-refractivity contribution in [2.75, 3.05) is 6.54 Å². The number of aliphatic imine (C=N–C) groups is 1. The minimum atomic E-state index is 0.881. The standard InChI is InChI=1S/C15H21N3/c1-2-3-4-5-10-17-15-14-13(8-6-11-16-14)9-7-12-18-15/h6-8,11-12H,2-5,9-10H2,1H3,(H,17,18). The summed E-state index contributed by atoms with van der Waals surface area (Å²) in [6.07, 6.45) is 11.8. The third-order valence-electron chi connectivity index (χ3n) is 3.07. The van der Waals surface area contributed by atoms with Gasteiger partial charge >= 0.3 is 0 Å². The first-order chi connectivity index (χ1) is 8.92. The van der Waals surface area contributed by atoms with Crippen molar-refractivity contribution >= 4 is 5.84 Å². The Balaban J connectivity index is 2.03. The summed E-state index contributed by atoms with van der Waals surface area (Å²) in [6.45, 7) is 3.11. The van der Waals surface area contributed by atoms with Gasteiger partial charge < -0.3 is 5.32 Å². The topological polar surface area (TPSA) is 37.3 Å². The number of amidine groups is 1. The fourth-order valence-electron chi connectivity index (χ4n) is 2.06. The van der Waals surface area contributed by atoms with E-state index in [2.05, 4.69) is 34.4 Å². The van der Waals surface area contributed by atoms with E-state index in [0.29, 0.717) is 0 Å². The molecule has 0 amide bonds. The molecule has 0 radical (unpaired) electrons. The lowest BCUT2D eigenvalue weighted by Gasteiger charge is -2.07. The summed E-state index contributed by atoms with van der Waals surface area (Å²) in [5.74, 6) is 0.913. The Morgan fingerprint density at radius 3 is 3.17 bits per heavy atom. The molecule has 1 aromatic rings. The van der Waals surface area contributed by atoms with Crippen LogP contribution in [0.4, 0.5) is 0 Å². The number of hydrogen-bond donors (Lipinski definition) is 1. The maximum absolute atomic E-state index is 4.65. The molecule has 2 rings (SSSR count). The molecular formula is C15H21N3. The molecule has 18 heavy (non-hydrogen) atoms. The number of rotatable bonds is 5. The molecule has 1 aliphatic rings. The second-order valence-corrected chi connectivity index (χ2v) is 4.55. The Bertz CT molecular complexity index is 435. The van der Waals surface area contributed by atoms with E-state index in [9.17, 15) is 0 Å². The fraction of sp³-hybridized carbons (Fsp3) is 0.467. The van der Waals surface area contributed by atoms with Crippen LogP contribution in [0.25, 0.3) is 0 Å². The lowest BCUT2D eigenvalue weighted by molar-refractivity contribution is 0.674. The van der Waals surface area contributed by atoms with Gasteiger partial charge in [-0.2, -0.15) is 0 Å². The van der Waals surface area contributed by atoms with Gasteiger partial charge in [0.25, 0.3) is 0 Å². The maximum atomic E-state index is 4.65. The largest absolute Gasteiger partial charge is 0.345 e. The molecule has 96 valence electrons. The highest BCUT2D eigenvalue weighted by molar-refractivity contribution is 5.99. The molecule has 1 N–H and O–H groups in total. The normalized spacial score (nSPS) is 16.2. The summed E-state index contributed by atoms with van der Waals surface area (Å²) >= 11 is 0. The Kier molecular flexibility index (Phi) is 4.94. The second-order valence-electron chi connectivity index (χ2n) is 4.55. The van der Waals surface area contributed by atoms with E-state index in [1.807, 2.05) is 18.5 Å². The Labute approximate surface area is 109 Å². The fourth-order valence-corrected chi connectivity index (χ4v) is 2.06. The molecule has 0 saturated carbocycles. The number of nitrogens with zero attached hydrogens (tertiary/aromatic N) is 2. The Morgan fingerprint density at radius 1 is 1.33 bits per heavy atom. The highest BCUT2D eigenvalue weighted by atomic mass is 15.0. The minimum absolute atomic E-state index is 0.881. The molecule has 0 spiro atoms. The van der Waals surface area contributed by atoms with Crippen LogP contribution in [0, 0.1) is 0 Å². The molecule has 0 aromatic carbocycles. The van der Waals surface area contributed by atoms with Crippen molar-refractivity contribution in [2.24, 2.45) is 4.99 Å². The van der Waals surface area contributed by atoms with Gasteiger partial charge in [-0.1, -0.05) is 38.3 Å². The average Bonchev–Trinajstić information content (AvgIpc) is 2.61. The first kappa shape index (κ1) is 12.8. The van der Waals surface area contributed by atoms with Crippen LogP contribution in [0.3, 0.4) is 0 Å². The van der Waals surface area contributed by atoms with Crippen LogP contribution < -0.4 is 5.32 Å². The first-order valence-electron chi connectivity index (χ1n) is 6.82. The quantitative estimate of drug-likeness (QED) is 0.807. The van der Waals surface area contributed by atoms with Crippen molar-refractivity contribution in [3.63, 3.8) is 0 Å². The molecule has 2 heterocycles. The number of aromatic nitrogens is 1. The van der Waals surface area contributed by atoms with Gasteiger partial charge in [0.1, 0.15) is 5.69 Å². The molecule has 0 atom stereocenters. The zero-order valence-electron chi connectivity index (χ0n) is 11.0. The minimum Gasteiger partial charge on any atom is -0.345 e. The molecule has 0 saturated heterocycles. The number of fused-ring (bicyclic) bond motifs is 1. The van der Waals surface area contributed by atoms with E-state index in [0.717, 1.165) is 30.9 Å². The molecule has 1 aromatic heterocycles. The van der Waals surface area contributed by atoms with Crippen molar-refractivity contribution in [1.29, 1.82) is 0 Å². The molecule has 3 nitrogen and oxygen atoms in total. The summed E-state index contributed by atoms with van der Waals surface area (Å²) in [5.41, 5.74) is 2.24. The predicted molar refractivity (Wildman–Crippen MR) is 75.8 cm³/mol. The Morgan fingerprint density at radius 2 is 2.28 bits per heavy atom. The van der Waals surface area contributed by atoms with Crippen LogP contribution in [0.5, 0.6) is 0 Å². The molecule has 0 aliphatic carbocycles. The highest BCUT2D eigenvalue weighted by Gasteiger charge is 2.10. The van der Waals surface area contributed by atoms with E-state index in [1.165, 1.54) is 24.8 Å². The second kappa shape index (κ2) is 6.94. The summed E-state index contributed by atoms with van der Waals surface area (Å²) < 4.78 is 0. The number of allylic oxidation sites excluding steroid dienone is 1. The van der Waals surface area contributed by atoms with Crippen molar-refractivity contribution in [1.82, 2.24) is 10.3 Å². The van der Waals surface area contributed by atoms with E-state index in [-0.39, 0.29) is 0 Å². The molecule has 1 aliphatic heterocycles. The number of pyridine rings is 1. The summed E-state index contributed by atoms with van der Waals surface area (Å²) in [6, 6.07) is 4.10. The maximum Gasteiger partial charge on any atom is 0.151 e. The van der Waals surface area contributed by atoms with Crippen LogP contribution in [-0.4, -0.2) is 17.4 Å². The van der Waals surface area contributed by atoms with Gasteiger partial charge in [0.05, 0.1) is 0 Å². The van der Waals surface area contributed by atoms with Crippen LogP contribution in [-0.2, 0) is 6.42 Å². The summed E-state index contributed by atoms with van der Waals surface area (Å²) in [7, 11) is 0. The van der Waals surface area contributed by atoms with E-state index >= 15 is 0 Å². The lowest BCUT2D eigenvalue weighted by Crippen LogP contribution is -2.20.